The molecule has 0 amide bonds. The van der Waals surface area contributed by atoms with Crippen molar-refractivity contribution in [3.8, 4) is 0 Å². The van der Waals surface area contributed by atoms with Crippen LogP contribution in [0.25, 0.3) is 0 Å². The smallest absolute Gasteiger partial charge is 0.0795 e. The summed E-state index contributed by atoms with van der Waals surface area (Å²) in [6, 6.07) is 2.18. The molecule has 2 nitrogen and oxygen atoms in total. The summed E-state index contributed by atoms with van der Waals surface area (Å²) in [4.78, 5) is 4.21. The van der Waals surface area contributed by atoms with E-state index in [1.807, 2.05) is 5.51 Å². The molecule has 0 aliphatic rings. The van der Waals surface area contributed by atoms with Crippen LogP contribution in [0, 0.1) is 0 Å². The largest absolute Gasteiger partial charge is 0.311 e. The van der Waals surface area contributed by atoms with Gasteiger partial charge in [-0.3, -0.25) is 0 Å². The molecule has 0 aliphatic heterocycles. The molecule has 0 unspecified atom stereocenters. The van der Waals surface area contributed by atoms with E-state index in [4.69, 9.17) is 0 Å². The first-order valence-electron chi connectivity index (χ1n) is 4.54. The molecule has 0 spiro atoms. The van der Waals surface area contributed by atoms with Gasteiger partial charge in [-0.25, -0.2) is 4.98 Å². The molecule has 2 aromatic rings. The molecule has 0 saturated heterocycles. The van der Waals surface area contributed by atoms with E-state index < -0.39 is 0 Å². The number of hydrogen-bond donors (Lipinski definition) is 1. The summed E-state index contributed by atoms with van der Waals surface area (Å²) >= 11 is 3.40. The van der Waals surface area contributed by atoms with Gasteiger partial charge >= 0.3 is 0 Å². The van der Waals surface area contributed by atoms with Crippen molar-refractivity contribution in [3.63, 3.8) is 0 Å². The van der Waals surface area contributed by atoms with Crippen molar-refractivity contribution in [1.82, 2.24) is 10.3 Å². The second-order valence-corrected chi connectivity index (χ2v) is 4.54. The maximum absolute atomic E-state index is 4.21. The van der Waals surface area contributed by atoms with Crippen LogP contribution in [0.1, 0.15) is 11.3 Å². The van der Waals surface area contributed by atoms with Gasteiger partial charge in [0.2, 0.25) is 0 Å². The minimum absolute atomic E-state index is 0.883. The molecule has 1 N–H and O–H groups in total. The van der Waals surface area contributed by atoms with Crippen molar-refractivity contribution < 1.29 is 0 Å². The van der Waals surface area contributed by atoms with Crippen LogP contribution in [0.2, 0.25) is 0 Å². The van der Waals surface area contributed by atoms with E-state index in [1.165, 1.54) is 5.56 Å². The molecule has 4 heteroatoms. The molecular formula is C10H12N2S2. The van der Waals surface area contributed by atoms with Crippen LogP contribution >= 0.6 is 22.7 Å². The van der Waals surface area contributed by atoms with Crippen LogP contribution in [0.3, 0.4) is 0 Å². The van der Waals surface area contributed by atoms with E-state index in [0.29, 0.717) is 0 Å². The van der Waals surface area contributed by atoms with E-state index in [-0.39, 0.29) is 0 Å². The Balaban J connectivity index is 1.65. The van der Waals surface area contributed by atoms with Crippen molar-refractivity contribution >= 4 is 22.7 Å². The summed E-state index contributed by atoms with van der Waals surface area (Å²) in [6.45, 7) is 1.90. The van der Waals surface area contributed by atoms with Crippen LogP contribution in [0.4, 0.5) is 0 Å². The fraction of sp³-hybridized carbons (Fsp3) is 0.300. The maximum atomic E-state index is 4.21. The molecule has 0 bridgehead atoms. The van der Waals surface area contributed by atoms with Crippen molar-refractivity contribution in [2.45, 2.75) is 13.0 Å². The number of rotatable bonds is 5. The van der Waals surface area contributed by atoms with Gasteiger partial charge in [-0.1, -0.05) is 0 Å². The highest BCUT2D eigenvalue weighted by Gasteiger charge is 1.95. The second kappa shape index (κ2) is 5.24. The van der Waals surface area contributed by atoms with Crippen LogP contribution in [-0.2, 0) is 13.0 Å². The van der Waals surface area contributed by atoms with Crippen LogP contribution in [0.5, 0.6) is 0 Å². The first-order valence-corrected chi connectivity index (χ1v) is 6.42. The van der Waals surface area contributed by atoms with Gasteiger partial charge in [0.15, 0.2) is 0 Å². The Kier molecular flexibility index (Phi) is 3.68. The summed E-state index contributed by atoms with van der Waals surface area (Å²) in [5, 5.41) is 9.78. The number of nitrogens with one attached hydrogen (secondary N) is 1. The van der Waals surface area contributed by atoms with Crippen LogP contribution < -0.4 is 5.32 Å². The lowest BCUT2D eigenvalue weighted by atomic mass is 10.2. The predicted octanol–water partition coefficient (Wildman–Crippen LogP) is 2.54. The molecule has 14 heavy (non-hydrogen) atoms. The fourth-order valence-electron chi connectivity index (χ4n) is 1.21. The molecule has 0 saturated carbocycles. The topological polar surface area (TPSA) is 24.9 Å². The van der Waals surface area contributed by atoms with E-state index >= 15 is 0 Å². The lowest BCUT2D eigenvalue weighted by Crippen LogP contribution is -2.16. The van der Waals surface area contributed by atoms with E-state index in [2.05, 4.69) is 32.5 Å². The third-order valence-corrected chi connectivity index (χ3v) is 3.33. The fourth-order valence-corrected chi connectivity index (χ4v) is 2.47. The Hall–Kier alpha value is -0.710. The lowest BCUT2D eigenvalue weighted by molar-refractivity contribution is 0.678. The Bertz CT molecular complexity index is 304. The molecule has 0 fully saturated rings. The molecule has 0 atom stereocenters. The standard InChI is InChI=1S/C10H12N2S2/c1(9-2-4-13-6-9)3-11-5-10-7-14-8-12-10/h2,4,6-8,11H,1,3,5H2. The highest BCUT2D eigenvalue weighted by atomic mass is 32.1. The Labute approximate surface area is 91.6 Å². The van der Waals surface area contributed by atoms with E-state index in [9.17, 15) is 0 Å². The van der Waals surface area contributed by atoms with Gasteiger partial charge in [-0.2, -0.15) is 11.3 Å². The molecule has 2 aromatic heterocycles. The monoisotopic (exact) mass is 224 g/mol. The minimum atomic E-state index is 0.883. The molecule has 0 aromatic carbocycles. The average Bonchev–Trinajstić information content (AvgIpc) is 2.86. The lowest BCUT2D eigenvalue weighted by Gasteiger charge is -2.00. The second-order valence-electron chi connectivity index (χ2n) is 3.04. The first-order chi connectivity index (χ1) is 6.95. The minimum Gasteiger partial charge on any atom is -0.311 e. The van der Waals surface area contributed by atoms with Gasteiger partial charge in [-0.05, 0) is 35.4 Å². The zero-order valence-electron chi connectivity index (χ0n) is 7.77. The van der Waals surface area contributed by atoms with Crippen LogP contribution in [0.15, 0.2) is 27.7 Å². The van der Waals surface area contributed by atoms with Crippen molar-refractivity contribution in [2.24, 2.45) is 0 Å². The number of hydrogen-bond acceptors (Lipinski definition) is 4. The summed E-state index contributed by atoms with van der Waals surface area (Å²) in [5.41, 5.74) is 4.43. The van der Waals surface area contributed by atoms with Gasteiger partial charge in [0.05, 0.1) is 11.2 Å². The maximum Gasteiger partial charge on any atom is 0.0795 e. The molecule has 0 radical (unpaired) electrons. The predicted molar refractivity (Wildman–Crippen MR) is 61.8 cm³/mol. The van der Waals surface area contributed by atoms with Gasteiger partial charge < -0.3 is 5.32 Å². The molecule has 0 aliphatic carbocycles. The molecular weight excluding hydrogens is 212 g/mol. The quantitative estimate of drug-likeness (QED) is 0.789. The van der Waals surface area contributed by atoms with Gasteiger partial charge in [0.1, 0.15) is 0 Å². The summed E-state index contributed by atoms with van der Waals surface area (Å²) in [6.07, 6.45) is 1.10. The Morgan fingerprint density at radius 3 is 3.00 bits per heavy atom. The van der Waals surface area contributed by atoms with Crippen molar-refractivity contribution in [3.05, 3.63) is 39.0 Å². The van der Waals surface area contributed by atoms with Gasteiger partial charge in [-0.15, -0.1) is 11.3 Å². The third kappa shape index (κ3) is 2.90. The highest BCUT2D eigenvalue weighted by Crippen LogP contribution is 2.06. The first kappa shape index (κ1) is 9.83. The Morgan fingerprint density at radius 2 is 2.29 bits per heavy atom. The summed E-state index contributed by atoms with van der Waals surface area (Å²) < 4.78 is 0. The third-order valence-electron chi connectivity index (χ3n) is 1.96. The van der Waals surface area contributed by atoms with Gasteiger partial charge in [0.25, 0.3) is 0 Å². The SMILES string of the molecule is c1cc(CCNCc2cscn2)cs1. The highest BCUT2D eigenvalue weighted by molar-refractivity contribution is 7.08. The number of thiazole rings is 1. The van der Waals surface area contributed by atoms with E-state index in [0.717, 1.165) is 25.2 Å². The zero-order valence-corrected chi connectivity index (χ0v) is 9.40. The molecule has 74 valence electrons. The van der Waals surface area contributed by atoms with E-state index in [1.54, 1.807) is 22.7 Å². The summed E-state index contributed by atoms with van der Waals surface area (Å²) in [5.74, 6) is 0. The average molecular weight is 224 g/mol. The Morgan fingerprint density at radius 1 is 1.29 bits per heavy atom. The molecule has 2 rings (SSSR count). The van der Waals surface area contributed by atoms with Crippen molar-refractivity contribution in [2.75, 3.05) is 6.54 Å². The summed E-state index contributed by atoms with van der Waals surface area (Å²) in [7, 11) is 0. The van der Waals surface area contributed by atoms with Crippen molar-refractivity contribution in [1.29, 1.82) is 0 Å². The van der Waals surface area contributed by atoms with Gasteiger partial charge in [0, 0.05) is 11.9 Å². The number of nitrogens with zero attached hydrogens (tertiary/aromatic N) is 1. The zero-order chi connectivity index (χ0) is 9.64. The molecule has 2 heterocycles. The number of aromatic nitrogens is 1. The van der Waals surface area contributed by atoms with Crippen LogP contribution in [-0.4, -0.2) is 11.5 Å². The number of thiophene rings is 1. The normalized spacial score (nSPS) is 10.6.